The molecule has 4 rings (SSSR count). The minimum atomic E-state index is -0.795. The molecule has 3 aromatic carbocycles. The van der Waals surface area contributed by atoms with Crippen LogP contribution in [-0.2, 0) is 4.79 Å². The number of para-hydroxylation sites is 1. The number of amides is 1. The Hall–Kier alpha value is -3.47. The molecule has 27 heavy (non-hydrogen) atoms. The Labute approximate surface area is 155 Å². The summed E-state index contributed by atoms with van der Waals surface area (Å²) >= 11 is 0. The predicted octanol–water partition coefficient (Wildman–Crippen LogP) is 5.15. The van der Waals surface area contributed by atoms with Gasteiger partial charge in [-0.15, -0.1) is 0 Å². The Kier molecular flexibility index (Phi) is 3.81. The van der Waals surface area contributed by atoms with Crippen LogP contribution >= 0.6 is 0 Å². The van der Waals surface area contributed by atoms with Gasteiger partial charge in [-0.25, -0.2) is 8.78 Å². The molecule has 0 unspecified atom stereocenters. The quantitative estimate of drug-likeness (QED) is 0.489. The van der Waals surface area contributed by atoms with Crippen LogP contribution in [0.4, 0.5) is 20.2 Å². The molecule has 1 aliphatic rings. The first-order chi connectivity index (χ1) is 12.9. The van der Waals surface area contributed by atoms with Gasteiger partial charge in [0.2, 0.25) is 0 Å². The average Bonchev–Trinajstić information content (AvgIpc) is 2.92. The molecule has 0 saturated heterocycles. The third kappa shape index (κ3) is 2.59. The number of benzene rings is 3. The summed E-state index contributed by atoms with van der Waals surface area (Å²) in [6.45, 7) is 5.51. The second-order valence-corrected chi connectivity index (χ2v) is 6.52. The molecule has 134 valence electrons. The second kappa shape index (κ2) is 6.06. The van der Waals surface area contributed by atoms with Crippen LogP contribution < -0.4 is 11.1 Å². The van der Waals surface area contributed by atoms with Crippen LogP contribution in [0, 0.1) is 18.6 Å². The maximum Gasteiger partial charge on any atom is 0.255 e. The Morgan fingerprint density at radius 3 is 2.37 bits per heavy atom. The van der Waals surface area contributed by atoms with Crippen molar-refractivity contribution in [3.8, 4) is 22.3 Å². The zero-order chi connectivity index (χ0) is 19.3. The number of carbonyl (C=O) groups excluding carboxylic acids is 1. The van der Waals surface area contributed by atoms with E-state index in [0.717, 1.165) is 22.8 Å². The molecule has 0 aromatic heterocycles. The third-order valence-corrected chi connectivity index (χ3v) is 4.85. The standard InChI is InChI=1S/C22H16F2N2O/c1-11-4-3-5-15(21(11)25)13-6-8-14(9-7-13)19-16(23)10-17-18(20(19)24)12(2)22(27)26-17/h3-10H,2,25H2,1H3,(H,26,27). The van der Waals surface area contributed by atoms with Gasteiger partial charge in [0.25, 0.3) is 5.91 Å². The maximum absolute atomic E-state index is 15.0. The van der Waals surface area contributed by atoms with E-state index >= 15 is 0 Å². The Morgan fingerprint density at radius 1 is 1.00 bits per heavy atom. The smallest absolute Gasteiger partial charge is 0.255 e. The molecule has 0 fully saturated rings. The van der Waals surface area contributed by atoms with Gasteiger partial charge in [-0.05, 0) is 29.7 Å². The Bertz CT molecular complexity index is 1120. The minimum Gasteiger partial charge on any atom is -0.398 e. The van der Waals surface area contributed by atoms with Crippen molar-refractivity contribution in [1.82, 2.24) is 0 Å². The Morgan fingerprint density at radius 2 is 1.67 bits per heavy atom. The fourth-order valence-electron chi connectivity index (χ4n) is 3.34. The number of aryl methyl sites for hydroxylation is 1. The van der Waals surface area contributed by atoms with Gasteiger partial charge < -0.3 is 11.1 Å². The van der Waals surface area contributed by atoms with Gasteiger partial charge in [-0.3, -0.25) is 4.79 Å². The highest BCUT2D eigenvalue weighted by Crippen LogP contribution is 2.40. The van der Waals surface area contributed by atoms with Crippen molar-refractivity contribution < 1.29 is 13.6 Å². The summed E-state index contributed by atoms with van der Waals surface area (Å²) in [5, 5.41) is 2.42. The first-order valence-electron chi connectivity index (χ1n) is 8.37. The van der Waals surface area contributed by atoms with Crippen molar-refractivity contribution in [2.75, 3.05) is 11.1 Å². The largest absolute Gasteiger partial charge is 0.398 e. The van der Waals surface area contributed by atoms with Gasteiger partial charge in [0, 0.05) is 22.4 Å². The van der Waals surface area contributed by atoms with Gasteiger partial charge in [0.1, 0.15) is 11.6 Å². The van der Waals surface area contributed by atoms with E-state index in [0.29, 0.717) is 11.3 Å². The summed E-state index contributed by atoms with van der Waals surface area (Å²) in [5.41, 5.74) is 9.77. The molecule has 0 aliphatic carbocycles. The average molecular weight is 362 g/mol. The SMILES string of the molecule is C=C1C(=O)Nc2cc(F)c(-c3ccc(-c4cccc(C)c4N)cc3)c(F)c21. The lowest BCUT2D eigenvalue weighted by Crippen LogP contribution is -2.02. The normalized spacial score (nSPS) is 12.9. The number of anilines is 2. The van der Waals surface area contributed by atoms with Gasteiger partial charge in [0.05, 0.1) is 11.3 Å². The number of nitrogens with one attached hydrogen (secondary N) is 1. The lowest BCUT2D eigenvalue weighted by molar-refractivity contribution is -0.110. The van der Waals surface area contributed by atoms with E-state index in [-0.39, 0.29) is 22.4 Å². The molecule has 3 aromatic rings. The van der Waals surface area contributed by atoms with E-state index in [9.17, 15) is 13.6 Å². The number of hydrogen-bond acceptors (Lipinski definition) is 2. The predicted molar refractivity (Wildman–Crippen MR) is 104 cm³/mol. The minimum absolute atomic E-state index is 0.00657. The first kappa shape index (κ1) is 17.0. The number of rotatable bonds is 2. The number of nitrogen functional groups attached to an aromatic ring is 1. The van der Waals surface area contributed by atoms with Crippen LogP contribution in [0.1, 0.15) is 11.1 Å². The Balaban J connectivity index is 1.81. The molecular formula is C22H16F2N2O. The summed E-state index contributed by atoms with van der Waals surface area (Å²) < 4.78 is 29.5. The van der Waals surface area contributed by atoms with Crippen LogP contribution in [0.5, 0.6) is 0 Å². The molecule has 3 nitrogen and oxygen atoms in total. The third-order valence-electron chi connectivity index (χ3n) is 4.85. The molecule has 0 radical (unpaired) electrons. The fourth-order valence-corrected chi connectivity index (χ4v) is 3.34. The molecule has 3 N–H and O–H groups in total. The molecule has 1 aliphatic heterocycles. The summed E-state index contributed by atoms with van der Waals surface area (Å²) in [5.74, 6) is -2.06. The molecule has 0 saturated carbocycles. The van der Waals surface area contributed by atoms with Crippen molar-refractivity contribution in [3.63, 3.8) is 0 Å². The first-order valence-corrected chi connectivity index (χ1v) is 8.37. The number of carbonyl (C=O) groups is 1. The highest BCUT2D eigenvalue weighted by Gasteiger charge is 2.30. The number of nitrogens with two attached hydrogens (primary N) is 1. The van der Waals surface area contributed by atoms with Crippen LogP contribution in [-0.4, -0.2) is 5.91 Å². The lowest BCUT2D eigenvalue weighted by Gasteiger charge is -2.12. The summed E-state index contributed by atoms with van der Waals surface area (Å²) in [6, 6.07) is 13.7. The van der Waals surface area contributed by atoms with E-state index in [1.54, 1.807) is 24.3 Å². The lowest BCUT2D eigenvalue weighted by atomic mass is 9.95. The van der Waals surface area contributed by atoms with Gasteiger partial charge in [0.15, 0.2) is 0 Å². The van der Waals surface area contributed by atoms with Gasteiger partial charge >= 0.3 is 0 Å². The molecule has 0 spiro atoms. The van der Waals surface area contributed by atoms with Crippen molar-refractivity contribution >= 4 is 22.9 Å². The highest BCUT2D eigenvalue weighted by molar-refractivity contribution is 6.31. The van der Waals surface area contributed by atoms with Crippen molar-refractivity contribution in [2.45, 2.75) is 6.92 Å². The summed E-state index contributed by atoms with van der Waals surface area (Å²) in [6.07, 6.45) is 0. The van der Waals surface area contributed by atoms with E-state index in [2.05, 4.69) is 11.9 Å². The molecule has 5 heteroatoms. The number of fused-ring (bicyclic) bond motifs is 1. The number of halogens is 2. The highest BCUT2D eigenvalue weighted by atomic mass is 19.1. The molecule has 1 amide bonds. The van der Waals surface area contributed by atoms with Crippen molar-refractivity contribution in [2.24, 2.45) is 0 Å². The zero-order valence-corrected chi connectivity index (χ0v) is 14.6. The van der Waals surface area contributed by atoms with E-state index in [1.165, 1.54) is 0 Å². The van der Waals surface area contributed by atoms with Gasteiger partial charge in [-0.1, -0.05) is 49.0 Å². The van der Waals surface area contributed by atoms with Crippen molar-refractivity contribution in [1.29, 1.82) is 0 Å². The molecule has 0 atom stereocenters. The topological polar surface area (TPSA) is 55.1 Å². The van der Waals surface area contributed by atoms with E-state index in [4.69, 9.17) is 5.73 Å². The van der Waals surface area contributed by atoms with Crippen LogP contribution in [0.15, 0.2) is 55.1 Å². The second-order valence-electron chi connectivity index (χ2n) is 6.52. The molecular weight excluding hydrogens is 346 g/mol. The number of hydrogen-bond donors (Lipinski definition) is 2. The van der Waals surface area contributed by atoms with Crippen molar-refractivity contribution in [3.05, 3.63) is 77.9 Å². The molecule has 1 heterocycles. The van der Waals surface area contributed by atoms with Crippen LogP contribution in [0.25, 0.3) is 27.8 Å². The van der Waals surface area contributed by atoms with Crippen LogP contribution in [0.2, 0.25) is 0 Å². The zero-order valence-electron chi connectivity index (χ0n) is 14.6. The fraction of sp³-hybridized carbons (Fsp3) is 0.0455. The molecule has 0 bridgehead atoms. The monoisotopic (exact) mass is 362 g/mol. The summed E-state index contributed by atoms with van der Waals surface area (Å²) in [4.78, 5) is 11.7. The van der Waals surface area contributed by atoms with E-state index in [1.807, 2.05) is 25.1 Å². The van der Waals surface area contributed by atoms with Crippen LogP contribution in [0.3, 0.4) is 0 Å². The van der Waals surface area contributed by atoms with E-state index < -0.39 is 17.5 Å². The maximum atomic E-state index is 15.0. The summed E-state index contributed by atoms with van der Waals surface area (Å²) in [7, 11) is 0. The van der Waals surface area contributed by atoms with Gasteiger partial charge in [-0.2, -0.15) is 0 Å².